The van der Waals surface area contributed by atoms with E-state index < -0.39 is 0 Å². The summed E-state index contributed by atoms with van der Waals surface area (Å²) in [6.45, 7) is 1.24. The molecule has 5 heteroatoms. The van der Waals surface area contributed by atoms with Gasteiger partial charge in [0.15, 0.2) is 0 Å². The molecule has 1 heterocycles. The molecule has 0 saturated carbocycles. The van der Waals surface area contributed by atoms with Crippen molar-refractivity contribution in [2.24, 2.45) is 5.92 Å². The molecule has 154 valence electrons. The lowest BCUT2D eigenvalue weighted by atomic mass is 9.95. The van der Waals surface area contributed by atoms with E-state index in [0.29, 0.717) is 25.1 Å². The highest BCUT2D eigenvalue weighted by Gasteiger charge is 2.28. The van der Waals surface area contributed by atoms with E-state index in [0.717, 1.165) is 29.2 Å². The Morgan fingerprint density at radius 2 is 1.70 bits per heavy atom. The molecule has 1 atom stereocenters. The summed E-state index contributed by atoms with van der Waals surface area (Å²) in [6, 6.07) is 20.5. The average Bonchev–Trinajstić information content (AvgIpc) is 2.78. The van der Waals surface area contributed by atoms with Gasteiger partial charge in [-0.05, 0) is 35.2 Å². The number of hydrogen-bond acceptors (Lipinski definition) is 2. The molecule has 4 rings (SSSR count). The van der Waals surface area contributed by atoms with E-state index in [1.54, 1.807) is 23.1 Å². The van der Waals surface area contributed by atoms with E-state index in [2.05, 4.69) is 5.32 Å². The summed E-state index contributed by atoms with van der Waals surface area (Å²) >= 11 is 0. The van der Waals surface area contributed by atoms with Gasteiger partial charge in [-0.25, -0.2) is 4.39 Å². The van der Waals surface area contributed by atoms with Crippen molar-refractivity contribution < 1.29 is 14.0 Å². The molecule has 0 spiro atoms. The number of rotatable bonds is 5. The van der Waals surface area contributed by atoms with Crippen LogP contribution < -0.4 is 5.32 Å². The number of fused-ring (bicyclic) bond motifs is 1. The van der Waals surface area contributed by atoms with E-state index in [4.69, 9.17) is 0 Å². The van der Waals surface area contributed by atoms with Gasteiger partial charge in [0.1, 0.15) is 5.82 Å². The lowest BCUT2D eigenvalue weighted by molar-refractivity contribution is -0.135. The summed E-state index contributed by atoms with van der Waals surface area (Å²) in [4.78, 5) is 27.4. The zero-order valence-electron chi connectivity index (χ0n) is 16.8. The fraction of sp³-hybridized carbons (Fsp3) is 0.280. The van der Waals surface area contributed by atoms with E-state index >= 15 is 0 Å². The Labute approximate surface area is 175 Å². The second-order valence-electron chi connectivity index (χ2n) is 7.80. The number of nitrogens with zero attached hydrogens (tertiary/aromatic N) is 1. The van der Waals surface area contributed by atoms with Crippen LogP contribution in [0.1, 0.15) is 24.0 Å². The van der Waals surface area contributed by atoms with Gasteiger partial charge in [-0.1, -0.05) is 60.7 Å². The quantitative estimate of drug-likeness (QED) is 0.697. The normalized spacial score (nSPS) is 16.4. The highest BCUT2D eigenvalue weighted by molar-refractivity contribution is 5.90. The van der Waals surface area contributed by atoms with Crippen molar-refractivity contribution in [2.75, 3.05) is 13.1 Å². The molecule has 3 aromatic rings. The first-order valence-electron chi connectivity index (χ1n) is 10.4. The van der Waals surface area contributed by atoms with E-state index in [9.17, 15) is 14.0 Å². The SMILES string of the molecule is O=C(NCc1ccccc1F)C1CCCN(C(=O)Cc2cccc3ccccc23)C1. The zero-order valence-corrected chi connectivity index (χ0v) is 16.8. The first-order valence-corrected chi connectivity index (χ1v) is 10.4. The maximum Gasteiger partial charge on any atom is 0.227 e. The van der Waals surface area contributed by atoms with Gasteiger partial charge >= 0.3 is 0 Å². The maximum atomic E-state index is 13.8. The fourth-order valence-corrected chi connectivity index (χ4v) is 4.11. The lowest BCUT2D eigenvalue weighted by Gasteiger charge is -2.32. The van der Waals surface area contributed by atoms with E-state index in [-0.39, 0.29) is 30.1 Å². The summed E-state index contributed by atoms with van der Waals surface area (Å²) < 4.78 is 13.8. The first kappa shape index (κ1) is 20.1. The van der Waals surface area contributed by atoms with Crippen LogP contribution in [-0.4, -0.2) is 29.8 Å². The second kappa shape index (κ2) is 9.08. The maximum absolute atomic E-state index is 13.8. The van der Waals surface area contributed by atoms with Crippen molar-refractivity contribution in [1.82, 2.24) is 10.2 Å². The van der Waals surface area contributed by atoms with Crippen molar-refractivity contribution in [1.29, 1.82) is 0 Å². The Kier molecular flexibility index (Phi) is 6.07. The summed E-state index contributed by atoms with van der Waals surface area (Å²) in [5.41, 5.74) is 1.47. The monoisotopic (exact) mass is 404 g/mol. The number of benzene rings is 3. The topological polar surface area (TPSA) is 49.4 Å². The Balaban J connectivity index is 1.37. The number of amides is 2. The van der Waals surface area contributed by atoms with Gasteiger partial charge in [-0.3, -0.25) is 9.59 Å². The molecule has 1 aliphatic heterocycles. The lowest BCUT2D eigenvalue weighted by Crippen LogP contribution is -2.45. The van der Waals surface area contributed by atoms with Crippen LogP contribution in [0, 0.1) is 11.7 Å². The van der Waals surface area contributed by atoms with Gasteiger partial charge < -0.3 is 10.2 Å². The minimum absolute atomic E-state index is 0.0398. The molecule has 0 aromatic heterocycles. The predicted octanol–water partition coefficient (Wildman–Crippen LogP) is 4.08. The number of piperidine rings is 1. The third kappa shape index (κ3) is 4.51. The van der Waals surface area contributed by atoms with Gasteiger partial charge in [0.2, 0.25) is 11.8 Å². The zero-order chi connectivity index (χ0) is 20.9. The number of hydrogen-bond donors (Lipinski definition) is 1. The van der Waals surface area contributed by atoms with Gasteiger partial charge in [0.25, 0.3) is 0 Å². The van der Waals surface area contributed by atoms with Crippen molar-refractivity contribution >= 4 is 22.6 Å². The molecule has 1 unspecified atom stereocenters. The molecule has 4 nitrogen and oxygen atoms in total. The van der Waals surface area contributed by atoms with E-state index in [1.165, 1.54) is 6.07 Å². The molecule has 2 amide bonds. The third-order valence-electron chi connectivity index (χ3n) is 5.78. The predicted molar refractivity (Wildman–Crippen MR) is 115 cm³/mol. The largest absolute Gasteiger partial charge is 0.352 e. The van der Waals surface area contributed by atoms with Crippen LogP contribution in [0.3, 0.4) is 0 Å². The minimum Gasteiger partial charge on any atom is -0.352 e. The molecular formula is C25H25FN2O2. The van der Waals surface area contributed by atoms with Gasteiger partial charge in [0, 0.05) is 25.2 Å². The van der Waals surface area contributed by atoms with Gasteiger partial charge in [-0.2, -0.15) is 0 Å². The van der Waals surface area contributed by atoms with Gasteiger partial charge in [0.05, 0.1) is 12.3 Å². The average molecular weight is 404 g/mol. The smallest absolute Gasteiger partial charge is 0.227 e. The molecule has 1 N–H and O–H groups in total. The number of likely N-dealkylation sites (tertiary alicyclic amines) is 1. The summed E-state index contributed by atoms with van der Waals surface area (Å²) in [5.74, 6) is -0.672. The molecule has 0 bridgehead atoms. The van der Waals surface area contributed by atoms with Crippen LogP contribution in [0.2, 0.25) is 0 Å². The highest BCUT2D eigenvalue weighted by Crippen LogP contribution is 2.22. The molecule has 30 heavy (non-hydrogen) atoms. The van der Waals surface area contributed by atoms with Crippen LogP contribution in [-0.2, 0) is 22.6 Å². The molecule has 1 fully saturated rings. The molecular weight excluding hydrogens is 379 g/mol. The summed E-state index contributed by atoms with van der Waals surface area (Å²) in [7, 11) is 0. The van der Waals surface area contributed by atoms with Crippen molar-refractivity contribution in [3.05, 3.63) is 83.7 Å². The molecule has 3 aromatic carbocycles. The standard InChI is InChI=1S/C25H25FN2O2/c26-23-13-4-2-8-20(23)16-27-25(30)21-11-6-14-28(17-21)24(29)15-19-10-5-9-18-7-1-3-12-22(18)19/h1-5,7-10,12-13,21H,6,11,14-17H2,(H,27,30). The summed E-state index contributed by atoms with van der Waals surface area (Å²) in [6.07, 6.45) is 1.85. The summed E-state index contributed by atoms with van der Waals surface area (Å²) in [5, 5.41) is 5.03. The Bertz CT molecular complexity index is 1060. The van der Waals surface area contributed by atoms with Crippen LogP contribution >= 0.6 is 0 Å². The second-order valence-corrected chi connectivity index (χ2v) is 7.80. The van der Waals surface area contributed by atoms with Crippen LogP contribution in [0.4, 0.5) is 4.39 Å². The third-order valence-corrected chi connectivity index (χ3v) is 5.78. The first-order chi connectivity index (χ1) is 14.6. The number of carbonyl (C=O) groups is 2. The molecule has 0 aliphatic carbocycles. The van der Waals surface area contributed by atoms with Crippen LogP contribution in [0.5, 0.6) is 0 Å². The Morgan fingerprint density at radius 1 is 0.967 bits per heavy atom. The Hall–Kier alpha value is -3.21. The highest BCUT2D eigenvalue weighted by atomic mass is 19.1. The van der Waals surface area contributed by atoms with Crippen molar-refractivity contribution in [3.63, 3.8) is 0 Å². The van der Waals surface area contributed by atoms with Crippen LogP contribution in [0.25, 0.3) is 10.8 Å². The van der Waals surface area contributed by atoms with Crippen LogP contribution in [0.15, 0.2) is 66.7 Å². The number of carbonyl (C=O) groups excluding carboxylic acids is 2. The fourth-order valence-electron chi connectivity index (χ4n) is 4.11. The number of nitrogens with one attached hydrogen (secondary N) is 1. The van der Waals surface area contributed by atoms with Crippen molar-refractivity contribution in [3.8, 4) is 0 Å². The molecule has 1 saturated heterocycles. The van der Waals surface area contributed by atoms with Gasteiger partial charge in [-0.15, -0.1) is 0 Å². The molecule has 1 aliphatic rings. The minimum atomic E-state index is -0.326. The van der Waals surface area contributed by atoms with Crippen molar-refractivity contribution in [2.45, 2.75) is 25.8 Å². The molecule has 0 radical (unpaired) electrons. The Morgan fingerprint density at radius 3 is 2.57 bits per heavy atom. The number of halogens is 1. The van der Waals surface area contributed by atoms with E-state index in [1.807, 2.05) is 42.5 Å².